The summed E-state index contributed by atoms with van der Waals surface area (Å²) in [6.07, 6.45) is 7.75. The maximum atomic E-state index is 12.2. The molecule has 0 saturated carbocycles. The van der Waals surface area contributed by atoms with Crippen LogP contribution >= 0.6 is 0 Å². The lowest BCUT2D eigenvalue weighted by Crippen LogP contribution is -2.36. The van der Waals surface area contributed by atoms with Crippen LogP contribution in [0, 0.1) is 0 Å². The Balaban J connectivity index is 1.30. The van der Waals surface area contributed by atoms with E-state index in [1.54, 1.807) is 6.26 Å². The van der Waals surface area contributed by atoms with Crippen LogP contribution < -0.4 is 10.1 Å². The monoisotopic (exact) mass is 367 g/mol. The third-order valence-electron chi connectivity index (χ3n) is 5.11. The summed E-state index contributed by atoms with van der Waals surface area (Å²) in [6.45, 7) is 2.00. The number of rotatable bonds is 7. The maximum absolute atomic E-state index is 12.2. The van der Waals surface area contributed by atoms with Crippen molar-refractivity contribution in [2.24, 2.45) is 0 Å². The second-order valence-electron chi connectivity index (χ2n) is 7.24. The molecule has 0 bridgehead atoms. The maximum Gasteiger partial charge on any atom is 0.258 e. The minimum absolute atomic E-state index is 0.0106. The van der Waals surface area contributed by atoms with Gasteiger partial charge in [-0.25, -0.2) is 0 Å². The first-order valence-electron chi connectivity index (χ1n) is 9.68. The third-order valence-corrected chi connectivity index (χ3v) is 5.11. The number of carbonyl (C=O) groups is 1. The Morgan fingerprint density at radius 2 is 2.15 bits per heavy atom. The third kappa shape index (κ3) is 4.18. The predicted octanol–water partition coefficient (Wildman–Crippen LogP) is 4.42. The summed E-state index contributed by atoms with van der Waals surface area (Å²) < 4.78 is 17.0. The number of ether oxygens (including phenoxy) is 1. The Morgan fingerprint density at radius 1 is 1.26 bits per heavy atom. The van der Waals surface area contributed by atoms with E-state index in [2.05, 4.69) is 5.32 Å². The second kappa shape index (κ2) is 7.91. The number of fused-ring (bicyclic) bond motifs is 3. The quantitative estimate of drug-likeness (QED) is 0.671. The lowest BCUT2D eigenvalue weighted by atomic mass is 9.96. The number of benzene rings is 1. The molecule has 1 N–H and O–H groups in total. The summed E-state index contributed by atoms with van der Waals surface area (Å²) in [6, 6.07) is 9.69. The van der Waals surface area contributed by atoms with Gasteiger partial charge in [0.15, 0.2) is 6.61 Å². The Hall–Kier alpha value is -2.69. The predicted molar refractivity (Wildman–Crippen MR) is 103 cm³/mol. The van der Waals surface area contributed by atoms with E-state index < -0.39 is 0 Å². The number of hydrogen-bond donors (Lipinski definition) is 1. The molecule has 0 saturated heterocycles. The molecular weight excluding hydrogens is 342 g/mol. The Labute approximate surface area is 158 Å². The van der Waals surface area contributed by atoms with E-state index in [4.69, 9.17) is 13.6 Å². The highest BCUT2D eigenvalue weighted by molar-refractivity contribution is 5.84. The zero-order chi connectivity index (χ0) is 18.6. The van der Waals surface area contributed by atoms with Gasteiger partial charge in [0.05, 0.1) is 6.26 Å². The molecule has 0 fully saturated rings. The number of aryl methyl sites for hydroxylation is 3. The first-order valence-corrected chi connectivity index (χ1v) is 9.68. The minimum Gasteiger partial charge on any atom is -0.484 e. The van der Waals surface area contributed by atoms with Crippen LogP contribution in [0.15, 0.2) is 45.4 Å². The molecule has 1 aliphatic carbocycles. The summed E-state index contributed by atoms with van der Waals surface area (Å²) in [7, 11) is 0. The topological polar surface area (TPSA) is 64.6 Å². The molecule has 1 aliphatic rings. The molecule has 1 atom stereocenters. The fraction of sp³-hybridized carbons (Fsp3) is 0.409. The van der Waals surface area contributed by atoms with Crippen LogP contribution in [0.25, 0.3) is 11.0 Å². The van der Waals surface area contributed by atoms with Crippen molar-refractivity contribution in [3.05, 3.63) is 53.7 Å². The highest BCUT2D eigenvalue weighted by atomic mass is 16.5. The highest BCUT2D eigenvalue weighted by Crippen LogP contribution is 2.33. The van der Waals surface area contributed by atoms with Gasteiger partial charge in [0.25, 0.3) is 5.91 Å². The first-order chi connectivity index (χ1) is 13.2. The van der Waals surface area contributed by atoms with E-state index in [1.807, 2.05) is 37.3 Å². The molecule has 3 aromatic rings. The fourth-order valence-corrected chi connectivity index (χ4v) is 3.68. The van der Waals surface area contributed by atoms with Crippen LogP contribution in [0.4, 0.5) is 0 Å². The Bertz CT molecular complexity index is 910. The molecule has 5 nitrogen and oxygen atoms in total. The van der Waals surface area contributed by atoms with Crippen LogP contribution in [0.3, 0.4) is 0 Å². The van der Waals surface area contributed by atoms with E-state index in [1.165, 1.54) is 18.4 Å². The zero-order valence-electron chi connectivity index (χ0n) is 15.6. The van der Waals surface area contributed by atoms with Crippen molar-refractivity contribution in [1.29, 1.82) is 0 Å². The second-order valence-corrected chi connectivity index (χ2v) is 7.24. The molecule has 0 unspecified atom stereocenters. The van der Waals surface area contributed by atoms with E-state index in [9.17, 15) is 4.79 Å². The summed E-state index contributed by atoms with van der Waals surface area (Å²) in [4.78, 5) is 12.2. The fourth-order valence-electron chi connectivity index (χ4n) is 3.68. The Morgan fingerprint density at radius 3 is 3.00 bits per heavy atom. The normalized spacial score (nSPS) is 14.7. The number of carbonyl (C=O) groups excluding carboxylic acids is 1. The van der Waals surface area contributed by atoms with Crippen molar-refractivity contribution in [2.75, 3.05) is 6.61 Å². The smallest absolute Gasteiger partial charge is 0.258 e. The van der Waals surface area contributed by atoms with E-state index in [0.717, 1.165) is 48.2 Å². The lowest BCUT2D eigenvalue weighted by Gasteiger charge is -2.14. The molecule has 0 aliphatic heterocycles. The van der Waals surface area contributed by atoms with Crippen molar-refractivity contribution in [3.8, 4) is 5.75 Å². The summed E-state index contributed by atoms with van der Waals surface area (Å²) in [5.74, 6) is 2.63. The van der Waals surface area contributed by atoms with E-state index >= 15 is 0 Å². The van der Waals surface area contributed by atoms with Crippen LogP contribution in [-0.4, -0.2) is 18.6 Å². The molecule has 0 spiro atoms. The van der Waals surface area contributed by atoms with E-state index in [-0.39, 0.29) is 18.6 Å². The summed E-state index contributed by atoms with van der Waals surface area (Å²) >= 11 is 0. The van der Waals surface area contributed by atoms with Gasteiger partial charge in [0, 0.05) is 29.8 Å². The lowest BCUT2D eigenvalue weighted by molar-refractivity contribution is -0.123. The van der Waals surface area contributed by atoms with Crippen LogP contribution in [0.1, 0.15) is 43.3 Å². The molecule has 2 aromatic heterocycles. The van der Waals surface area contributed by atoms with Gasteiger partial charge < -0.3 is 18.9 Å². The number of hydrogen-bond acceptors (Lipinski definition) is 4. The van der Waals surface area contributed by atoms with Gasteiger partial charge in [-0.1, -0.05) is 0 Å². The van der Waals surface area contributed by atoms with Crippen molar-refractivity contribution in [2.45, 2.75) is 51.5 Å². The van der Waals surface area contributed by atoms with Crippen LogP contribution in [0.2, 0.25) is 0 Å². The largest absolute Gasteiger partial charge is 0.484 e. The molecule has 1 amide bonds. The average molecular weight is 367 g/mol. The summed E-state index contributed by atoms with van der Waals surface area (Å²) in [5.41, 5.74) is 2.21. The van der Waals surface area contributed by atoms with Gasteiger partial charge in [-0.15, -0.1) is 0 Å². The number of furan rings is 2. The van der Waals surface area contributed by atoms with Crippen molar-refractivity contribution < 1.29 is 18.4 Å². The van der Waals surface area contributed by atoms with Crippen molar-refractivity contribution >= 4 is 16.9 Å². The van der Waals surface area contributed by atoms with Gasteiger partial charge in [0.1, 0.15) is 22.9 Å². The van der Waals surface area contributed by atoms with Crippen LogP contribution in [-0.2, 0) is 24.1 Å². The number of nitrogens with one attached hydrogen (secondary N) is 1. The number of amides is 1. The highest BCUT2D eigenvalue weighted by Gasteiger charge is 2.18. The molecule has 5 heteroatoms. The van der Waals surface area contributed by atoms with Gasteiger partial charge in [-0.05, 0) is 62.9 Å². The molecule has 142 valence electrons. The standard InChI is InChI=1S/C22H25NO4/c1-15(8-9-16-5-4-12-25-16)23-22(24)14-26-17-10-11-21-19(13-17)18-6-2-3-7-20(18)27-21/h4-5,10-13,15H,2-3,6-9,14H2,1H3,(H,23,24)/t15-/m0/s1. The molecule has 0 radical (unpaired) electrons. The van der Waals surface area contributed by atoms with E-state index in [0.29, 0.717) is 5.75 Å². The van der Waals surface area contributed by atoms with Crippen molar-refractivity contribution in [3.63, 3.8) is 0 Å². The Kier molecular flexibility index (Phi) is 5.19. The van der Waals surface area contributed by atoms with Gasteiger partial charge in [-0.2, -0.15) is 0 Å². The molecule has 1 aromatic carbocycles. The molecular formula is C22H25NO4. The summed E-state index contributed by atoms with van der Waals surface area (Å²) in [5, 5.41) is 4.09. The van der Waals surface area contributed by atoms with Crippen molar-refractivity contribution in [1.82, 2.24) is 5.32 Å². The van der Waals surface area contributed by atoms with Gasteiger partial charge >= 0.3 is 0 Å². The molecule has 2 heterocycles. The van der Waals surface area contributed by atoms with Gasteiger partial charge in [0.2, 0.25) is 0 Å². The molecule has 4 rings (SSSR count). The average Bonchev–Trinajstić information content (AvgIpc) is 3.32. The minimum atomic E-state index is -0.115. The zero-order valence-corrected chi connectivity index (χ0v) is 15.6. The van der Waals surface area contributed by atoms with Gasteiger partial charge in [-0.3, -0.25) is 4.79 Å². The van der Waals surface area contributed by atoms with Crippen LogP contribution in [0.5, 0.6) is 5.75 Å². The SMILES string of the molecule is C[C@@H](CCc1ccco1)NC(=O)COc1ccc2oc3c(c2c1)CCCC3. The first kappa shape index (κ1) is 17.7. The molecule has 27 heavy (non-hydrogen) atoms.